The van der Waals surface area contributed by atoms with Gasteiger partial charge in [0.1, 0.15) is 5.70 Å². The fourth-order valence-corrected chi connectivity index (χ4v) is 1.55. The van der Waals surface area contributed by atoms with Gasteiger partial charge in [-0.1, -0.05) is 16.5 Å². The number of esters is 1. The van der Waals surface area contributed by atoms with Crippen LogP contribution in [0, 0.1) is 0 Å². The molecular weight excluding hydrogens is 244 g/mol. The van der Waals surface area contributed by atoms with Gasteiger partial charge in [-0.05, 0) is 18.5 Å². The molecule has 0 aliphatic heterocycles. The van der Waals surface area contributed by atoms with E-state index in [-0.39, 0.29) is 12.3 Å². The molecule has 0 bridgehead atoms. The molecule has 7 nitrogen and oxygen atoms in total. The van der Waals surface area contributed by atoms with Crippen molar-refractivity contribution < 1.29 is 14.3 Å². The normalized spacial score (nSPS) is 10.6. The zero-order valence-electron chi connectivity index (χ0n) is 9.28. The molecule has 0 spiro atoms. The number of ether oxygens (including phenoxy) is 2. The highest BCUT2D eigenvalue weighted by molar-refractivity contribution is 7.11. The lowest BCUT2D eigenvalue weighted by molar-refractivity contribution is -0.138. The number of hydrogen-bond acceptors (Lipinski definition) is 6. The van der Waals surface area contributed by atoms with Gasteiger partial charge in [0, 0.05) is 10.3 Å². The average Bonchev–Trinajstić information content (AvgIpc) is 2.76. The molecule has 0 atom stereocenters. The van der Waals surface area contributed by atoms with Crippen LogP contribution in [0.1, 0.15) is 12.6 Å². The van der Waals surface area contributed by atoms with Crippen molar-refractivity contribution in [1.29, 1.82) is 0 Å². The lowest BCUT2D eigenvalue weighted by Crippen LogP contribution is -2.05. The first-order valence-electron chi connectivity index (χ1n) is 4.64. The number of aromatic nitrogens is 1. The molecule has 8 heteroatoms. The molecule has 0 saturated heterocycles. The summed E-state index contributed by atoms with van der Waals surface area (Å²) in [6.45, 7) is 1.87. The topological polar surface area (TPSA) is 97.2 Å². The first kappa shape index (κ1) is 13.0. The van der Waals surface area contributed by atoms with Crippen molar-refractivity contribution in [1.82, 2.24) is 4.98 Å². The number of methoxy groups -OCH3 is 1. The van der Waals surface area contributed by atoms with Crippen LogP contribution in [0.2, 0.25) is 0 Å². The first-order valence-corrected chi connectivity index (χ1v) is 5.52. The van der Waals surface area contributed by atoms with Crippen molar-refractivity contribution in [3.63, 3.8) is 0 Å². The molecule has 1 rings (SSSR count). The molecule has 0 aliphatic rings. The summed E-state index contributed by atoms with van der Waals surface area (Å²) in [5, 5.41) is 5.39. The van der Waals surface area contributed by atoms with E-state index in [1.165, 1.54) is 24.5 Å². The maximum Gasteiger partial charge on any atom is 0.340 e. The Balaban J connectivity index is 2.97. The molecule has 17 heavy (non-hydrogen) atoms. The Kier molecular flexibility index (Phi) is 4.99. The lowest BCUT2D eigenvalue weighted by atomic mass is 10.3. The van der Waals surface area contributed by atoms with Gasteiger partial charge in [-0.25, -0.2) is 9.78 Å². The van der Waals surface area contributed by atoms with Crippen LogP contribution >= 0.6 is 11.3 Å². The van der Waals surface area contributed by atoms with E-state index in [9.17, 15) is 4.79 Å². The maximum atomic E-state index is 11.4. The van der Waals surface area contributed by atoms with Gasteiger partial charge in [-0.2, -0.15) is 0 Å². The average molecular weight is 254 g/mol. The van der Waals surface area contributed by atoms with Gasteiger partial charge in [0.05, 0.1) is 19.4 Å². The molecule has 0 aliphatic carbocycles. The summed E-state index contributed by atoms with van der Waals surface area (Å²) in [7, 11) is 1.49. The molecule has 0 aromatic carbocycles. The van der Waals surface area contributed by atoms with Gasteiger partial charge in [0.25, 0.3) is 5.19 Å². The standard InChI is InChI=1S/C9H10N4O3S/c1-3-16-8(14)7(12-13-10)4-6-5-17-9(11-6)15-2/h4-5H,3H2,1-2H3. The van der Waals surface area contributed by atoms with Crippen molar-refractivity contribution in [3.05, 3.63) is 27.2 Å². The summed E-state index contributed by atoms with van der Waals surface area (Å²) in [5.41, 5.74) is 8.69. The van der Waals surface area contributed by atoms with E-state index in [1.54, 1.807) is 12.3 Å². The van der Waals surface area contributed by atoms with Crippen LogP contribution in [0.15, 0.2) is 16.2 Å². The second-order valence-corrected chi connectivity index (χ2v) is 3.50. The molecule has 0 radical (unpaired) electrons. The summed E-state index contributed by atoms with van der Waals surface area (Å²) in [5.74, 6) is -0.683. The Hall–Kier alpha value is -2.05. The highest BCUT2D eigenvalue weighted by Crippen LogP contribution is 2.19. The van der Waals surface area contributed by atoms with Gasteiger partial charge in [-0.3, -0.25) is 0 Å². The van der Waals surface area contributed by atoms with E-state index in [2.05, 4.69) is 15.0 Å². The quantitative estimate of drug-likeness (QED) is 0.265. The van der Waals surface area contributed by atoms with Crippen LogP contribution in [0.5, 0.6) is 5.19 Å². The van der Waals surface area contributed by atoms with Gasteiger partial charge in [0.2, 0.25) is 0 Å². The van der Waals surface area contributed by atoms with Crippen molar-refractivity contribution in [2.45, 2.75) is 6.92 Å². The van der Waals surface area contributed by atoms with Crippen molar-refractivity contribution in [2.24, 2.45) is 5.11 Å². The minimum Gasteiger partial charge on any atom is -0.473 e. The monoisotopic (exact) mass is 254 g/mol. The Bertz CT molecular complexity index is 476. The third kappa shape index (κ3) is 3.78. The summed E-state index contributed by atoms with van der Waals surface area (Å²) >= 11 is 1.27. The molecule has 0 unspecified atom stereocenters. The van der Waals surface area contributed by atoms with Crippen LogP contribution in [-0.4, -0.2) is 24.7 Å². The number of hydrogen-bond donors (Lipinski definition) is 0. The van der Waals surface area contributed by atoms with E-state index >= 15 is 0 Å². The molecule has 1 heterocycles. The molecule has 0 amide bonds. The van der Waals surface area contributed by atoms with E-state index in [1.807, 2.05) is 0 Å². The van der Waals surface area contributed by atoms with Crippen LogP contribution in [0.4, 0.5) is 0 Å². The fourth-order valence-electron chi connectivity index (χ4n) is 0.951. The number of carbonyl (C=O) groups excluding carboxylic acids is 1. The Labute approximate surface area is 101 Å². The molecule has 1 aromatic rings. The number of rotatable bonds is 5. The summed E-state index contributed by atoms with van der Waals surface area (Å²) in [6, 6.07) is 0. The van der Waals surface area contributed by atoms with Crippen LogP contribution in [0.3, 0.4) is 0 Å². The van der Waals surface area contributed by atoms with Crippen molar-refractivity contribution >= 4 is 23.4 Å². The number of thiazole rings is 1. The predicted molar refractivity (Wildman–Crippen MR) is 62.4 cm³/mol. The molecule has 90 valence electrons. The van der Waals surface area contributed by atoms with E-state index < -0.39 is 5.97 Å². The highest BCUT2D eigenvalue weighted by Gasteiger charge is 2.10. The zero-order chi connectivity index (χ0) is 12.7. The highest BCUT2D eigenvalue weighted by atomic mass is 32.1. The third-order valence-corrected chi connectivity index (χ3v) is 2.42. The second kappa shape index (κ2) is 6.51. The van der Waals surface area contributed by atoms with Crippen molar-refractivity contribution in [2.75, 3.05) is 13.7 Å². The fraction of sp³-hybridized carbons (Fsp3) is 0.333. The van der Waals surface area contributed by atoms with E-state index in [0.717, 1.165) is 0 Å². The Morgan fingerprint density at radius 1 is 1.76 bits per heavy atom. The van der Waals surface area contributed by atoms with Gasteiger partial charge >= 0.3 is 5.97 Å². The van der Waals surface area contributed by atoms with Gasteiger partial charge < -0.3 is 9.47 Å². The van der Waals surface area contributed by atoms with Crippen LogP contribution in [-0.2, 0) is 9.53 Å². The zero-order valence-corrected chi connectivity index (χ0v) is 10.1. The number of azide groups is 1. The summed E-state index contributed by atoms with van der Waals surface area (Å²) in [6.07, 6.45) is 1.34. The minimum atomic E-state index is -0.683. The largest absolute Gasteiger partial charge is 0.473 e. The van der Waals surface area contributed by atoms with Crippen LogP contribution < -0.4 is 4.74 Å². The Morgan fingerprint density at radius 3 is 3.06 bits per heavy atom. The SMILES string of the molecule is CCOC(=O)C(=Cc1csc(OC)n1)N=[N+]=[N-]. The molecule has 0 saturated carbocycles. The smallest absolute Gasteiger partial charge is 0.340 e. The number of carbonyl (C=O) groups is 1. The lowest BCUT2D eigenvalue weighted by Gasteiger charge is -1.99. The number of nitrogens with zero attached hydrogens (tertiary/aromatic N) is 4. The minimum absolute atomic E-state index is 0.137. The van der Waals surface area contributed by atoms with Crippen LogP contribution in [0.25, 0.3) is 16.5 Å². The molecule has 0 N–H and O–H groups in total. The van der Waals surface area contributed by atoms with E-state index in [4.69, 9.17) is 15.0 Å². The van der Waals surface area contributed by atoms with Gasteiger partial charge in [-0.15, -0.1) is 0 Å². The second-order valence-electron chi connectivity index (χ2n) is 2.68. The molecule has 0 fully saturated rings. The first-order chi connectivity index (χ1) is 8.21. The predicted octanol–water partition coefficient (Wildman–Crippen LogP) is 2.37. The molecular formula is C9H10N4O3S. The summed E-state index contributed by atoms with van der Waals surface area (Å²) < 4.78 is 9.64. The molecule has 1 aromatic heterocycles. The maximum absolute atomic E-state index is 11.4. The van der Waals surface area contributed by atoms with Crippen molar-refractivity contribution in [3.8, 4) is 5.19 Å². The van der Waals surface area contributed by atoms with E-state index in [0.29, 0.717) is 10.9 Å². The third-order valence-electron chi connectivity index (χ3n) is 1.60. The summed E-state index contributed by atoms with van der Waals surface area (Å²) in [4.78, 5) is 18.0. The Morgan fingerprint density at radius 2 is 2.53 bits per heavy atom. The van der Waals surface area contributed by atoms with Gasteiger partial charge in [0.15, 0.2) is 0 Å².